The summed E-state index contributed by atoms with van der Waals surface area (Å²) >= 11 is 0. The van der Waals surface area contributed by atoms with E-state index in [0.29, 0.717) is 11.5 Å². The van der Waals surface area contributed by atoms with Crippen LogP contribution in [0.3, 0.4) is 0 Å². The highest BCUT2D eigenvalue weighted by Gasteiger charge is 2.37. The van der Waals surface area contributed by atoms with Crippen LogP contribution >= 0.6 is 0 Å². The van der Waals surface area contributed by atoms with E-state index < -0.39 is 42.0 Å². The van der Waals surface area contributed by atoms with Crippen LogP contribution < -0.4 is 14.8 Å². The van der Waals surface area contributed by atoms with Crippen LogP contribution in [0.15, 0.2) is 60.7 Å². The van der Waals surface area contributed by atoms with Gasteiger partial charge in [0.1, 0.15) is 29.2 Å². The number of amides is 1. The molecule has 0 bridgehead atoms. The van der Waals surface area contributed by atoms with Crippen molar-refractivity contribution < 1.29 is 33.3 Å². The number of nitrogens with one attached hydrogen (secondary N) is 1. The van der Waals surface area contributed by atoms with E-state index in [0.717, 1.165) is 0 Å². The Kier molecular flexibility index (Phi) is 8.76. The molecule has 8 nitrogen and oxygen atoms in total. The maximum absolute atomic E-state index is 13.0. The monoisotopic (exact) mass is 471 g/mol. The van der Waals surface area contributed by atoms with E-state index in [9.17, 15) is 9.59 Å². The van der Waals surface area contributed by atoms with Gasteiger partial charge in [-0.3, -0.25) is 0 Å². The first kappa shape index (κ1) is 25.4. The summed E-state index contributed by atoms with van der Waals surface area (Å²) in [5, 5.41) is 2.59. The molecule has 34 heavy (non-hydrogen) atoms. The third kappa shape index (κ3) is 7.95. The van der Waals surface area contributed by atoms with Crippen LogP contribution in [0.2, 0.25) is 0 Å². The van der Waals surface area contributed by atoms with Crippen molar-refractivity contribution in [3.8, 4) is 11.5 Å². The Bertz CT molecular complexity index is 914. The van der Waals surface area contributed by atoms with Crippen molar-refractivity contribution >= 4 is 12.1 Å². The molecule has 1 aliphatic rings. The van der Waals surface area contributed by atoms with Crippen molar-refractivity contribution in [2.45, 2.75) is 64.1 Å². The van der Waals surface area contributed by atoms with Gasteiger partial charge in [-0.05, 0) is 52.0 Å². The van der Waals surface area contributed by atoms with E-state index >= 15 is 0 Å². The van der Waals surface area contributed by atoms with Crippen molar-refractivity contribution in [3.05, 3.63) is 60.7 Å². The highest BCUT2D eigenvalue weighted by molar-refractivity contribution is 5.81. The minimum Gasteiger partial charge on any atom is -0.484 e. The van der Waals surface area contributed by atoms with Gasteiger partial charge < -0.3 is 29.0 Å². The number of para-hydroxylation sites is 2. The van der Waals surface area contributed by atoms with E-state index in [-0.39, 0.29) is 19.6 Å². The maximum atomic E-state index is 13.0. The zero-order chi connectivity index (χ0) is 24.6. The summed E-state index contributed by atoms with van der Waals surface area (Å²) in [7, 11) is 0. The lowest BCUT2D eigenvalue weighted by Gasteiger charge is -2.34. The summed E-state index contributed by atoms with van der Waals surface area (Å²) in [6.45, 7) is 7.40. The Labute approximate surface area is 200 Å². The summed E-state index contributed by atoms with van der Waals surface area (Å²) < 4.78 is 29.3. The lowest BCUT2D eigenvalue weighted by Crippen LogP contribution is -2.52. The fourth-order valence-corrected chi connectivity index (χ4v) is 3.43. The van der Waals surface area contributed by atoms with Crippen molar-refractivity contribution in [1.82, 2.24) is 5.32 Å². The fraction of sp³-hybridized carbons (Fsp3) is 0.462. The summed E-state index contributed by atoms with van der Waals surface area (Å²) in [4.78, 5) is 25.2. The molecule has 1 N–H and O–H groups in total. The molecule has 4 atom stereocenters. The van der Waals surface area contributed by atoms with Crippen LogP contribution in [0, 0.1) is 0 Å². The Morgan fingerprint density at radius 3 is 2.15 bits per heavy atom. The Hall–Kier alpha value is -3.26. The molecule has 0 unspecified atom stereocenters. The van der Waals surface area contributed by atoms with Gasteiger partial charge in [-0.15, -0.1) is 0 Å². The summed E-state index contributed by atoms with van der Waals surface area (Å²) in [6.07, 6.45) is -2.40. The van der Waals surface area contributed by atoms with E-state index in [1.54, 1.807) is 27.7 Å². The number of rotatable bonds is 5. The van der Waals surface area contributed by atoms with Crippen LogP contribution in [0.5, 0.6) is 11.5 Å². The predicted octanol–water partition coefficient (Wildman–Crippen LogP) is 4.13. The molecule has 1 amide bonds. The number of esters is 1. The van der Waals surface area contributed by atoms with Crippen LogP contribution in [-0.4, -0.2) is 55.2 Å². The predicted molar refractivity (Wildman–Crippen MR) is 126 cm³/mol. The molecule has 8 heteroatoms. The standard InChI is InChI=1S/C26H33NO7/c1-18-23(33-20-13-9-6-10-14-20)22(32-19-11-7-5-8-12-19)17-30-16-15-21(24(28)31-18)27-25(29)34-26(2,3)4/h5-14,18,21-23H,15-17H2,1-4H3,(H,27,29)/t18-,21-,22-,23-/m0/s1. The van der Waals surface area contributed by atoms with Crippen molar-refractivity contribution in [2.24, 2.45) is 0 Å². The molecular formula is C26H33NO7. The highest BCUT2D eigenvalue weighted by Crippen LogP contribution is 2.22. The molecule has 0 radical (unpaired) electrons. The van der Waals surface area contributed by atoms with Crippen molar-refractivity contribution in [3.63, 3.8) is 0 Å². The summed E-state index contributed by atoms with van der Waals surface area (Å²) in [5.74, 6) is 0.666. The first-order valence-corrected chi connectivity index (χ1v) is 11.4. The zero-order valence-electron chi connectivity index (χ0n) is 20.1. The molecule has 1 saturated heterocycles. The third-order valence-corrected chi connectivity index (χ3v) is 4.99. The van der Waals surface area contributed by atoms with E-state index in [2.05, 4.69) is 5.32 Å². The number of carbonyl (C=O) groups excluding carboxylic acids is 2. The number of ether oxygens (including phenoxy) is 5. The molecular weight excluding hydrogens is 438 g/mol. The molecule has 184 valence electrons. The third-order valence-electron chi connectivity index (χ3n) is 4.99. The Balaban J connectivity index is 1.78. The second-order valence-electron chi connectivity index (χ2n) is 9.07. The van der Waals surface area contributed by atoms with Gasteiger partial charge in [-0.1, -0.05) is 36.4 Å². The lowest BCUT2D eigenvalue weighted by atomic mass is 10.1. The number of cyclic esters (lactones) is 1. The minimum absolute atomic E-state index is 0.202. The number of hydrogen-bond acceptors (Lipinski definition) is 7. The quantitative estimate of drug-likeness (QED) is 0.656. The Morgan fingerprint density at radius 2 is 1.56 bits per heavy atom. The number of alkyl carbamates (subject to hydrolysis) is 1. The number of carbonyl (C=O) groups is 2. The average molecular weight is 472 g/mol. The molecule has 2 aromatic carbocycles. The molecule has 1 aliphatic heterocycles. The first-order valence-electron chi connectivity index (χ1n) is 11.4. The van der Waals surface area contributed by atoms with Crippen LogP contribution in [-0.2, 0) is 19.0 Å². The van der Waals surface area contributed by atoms with Gasteiger partial charge in [0.25, 0.3) is 0 Å². The van der Waals surface area contributed by atoms with Gasteiger partial charge >= 0.3 is 12.1 Å². The van der Waals surface area contributed by atoms with Gasteiger partial charge in [-0.2, -0.15) is 0 Å². The molecule has 0 aliphatic carbocycles. The second kappa shape index (κ2) is 11.7. The van der Waals surface area contributed by atoms with Gasteiger partial charge in [0.15, 0.2) is 12.2 Å². The Morgan fingerprint density at radius 1 is 0.971 bits per heavy atom. The molecule has 1 heterocycles. The first-order chi connectivity index (χ1) is 16.2. The summed E-state index contributed by atoms with van der Waals surface area (Å²) in [5.41, 5.74) is -0.690. The SMILES string of the molecule is C[C@@H]1OC(=O)[C@@H](NC(=O)OC(C)(C)C)CCOC[C@H](Oc2ccccc2)[C@H]1Oc1ccccc1. The van der Waals surface area contributed by atoms with Gasteiger partial charge in [-0.25, -0.2) is 9.59 Å². The topological polar surface area (TPSA) is 92.3 Å². The zero-order valence-corrected chi connectivity index (χ0v) is 20.1. The second-order valence-corrected chi connectivity index (χ2v) is 9.07. The molecule has 0 aromatic heterocycles. The van der Waals surface area contributed by atoms with E-state index in [1.165, 1.54) is 0 Å². The molecule has 3 rings (SSSR count). The molecule has 2 aromatic rings. The van der Waals surface area contributed by atoms with E-state index in [1.807, 2.05) is 60.7 Å². The molecule has 0 spiro atoms. The number of benzene rings is 2. The average Bonchev–Trinajstić information content (AvgIpc) is 2.78. The number of hydrogen-bond donors (Lipinski definition) is 1. The van der Waals surface area contributed by atoms with Gasteiger partial charge in [0, 0.05) is 13.0 Å². The van der Waals surface area contributed by atoms with Gasteiger partial charge in [0.05, 0.1) is 6.61 Å². The lowest BCUT2D eigenvalue weighted by molar-refractivity contribution is -0.162. The normalized spacial score (nSPS) is 23.8. The highest BCUT2D eigenvalue weighted by atomic mass is 16.6. The van der Waals surface area contributed by atoms with Crippen molar-refractivity contribution in [2.75, 3.05) is 13.2 Å². The smallest absolute Gasteiger partial charge is 0.408 e. The molecule has 1 fully saturated rings. The van der Waals surface area contributed by atoms with Crippen molar-refractivity contribution in [1.29, 1.82) is 0 Å². The maximum Gasteiger partial charge on any atom is 0.408 e. The molecule has 0 saturated carbocycles. The minimum atomic E-state index is -0.915. The van der Waals surface area contributed by atoms with Crippen LogP contribution in [0.1, 0.15) is 34.1 Å². The summed E-state index contributed by atoms with van der Waals surface area (Å²) in [6, 6.07) is 17.7. The van der Waals surface area contributed by atoms with E-state index in [4.69, 9.17) is 23.7 Å². The fourth-order valence-electron chi connectivity index (χ4n) is 3.43. The largest absolute Gasteiger partial charge is 0.484 e. The van der Waals surface area contributed by atoms with Gasteiger partial charge in [0.2, 0.25) is 0 Å². The van der Waals surface area contributed by atoms with Crippen LogP contribution in [0.4, 0.5) is 4.79 Å². The van der Waals surface area contributed by atoms with Crippen LogP contribution in [0.25, 0.3) is 0 Å².